The van der Waals surface area contributed by atoms with Crippen molar-refractivity contribution >= 4 is 0 Å². The molecule has 1 spiro atoms. The van der Waals surface area contributed by atoms with Gasteiger partial charge in [-0.25, -0.2) is 0 Å². The van der Waals surface area contributed by atoms with E-state index < -0.39 is 0 Å². The Balaban J connectivity index is 1.77. The molecule has 2 atom stereocenters. The highest BCUT2D eigenvalue weighted by atomic mass is 16.5. The average Bonchev–Trinajstić information content (AvgIpc) is 2.91. The van der Waals surface area contributed by atoms with E-state index >= 15 is 0 Å². The molecule has 116 valence electrons. The van der Waals surface area contributed by atoms with Gasteiger partial charge in [0, 0.05) is 11.8 Å². The lowest BCUT2D eigenvalue weighted by molar-refractivity contribution is -0.152. The molecule has 0 amide bonds. The fraction of sp³-hybridized carbons (Fsp3) is 0.684. The van der Waals surface area contributed by atoms with Gasteiger partial charge in [-0.2, -0.15) is 0 Å². The summed E-state index contributed by atoms with van der Waals surface area (Å²) in [7, 11) is 0. The van der Waals surface area contributed by atoms with Crippen LogP contribution in [0.3, 0.4) is 0 Å². The van der Waals surface area contributed by atoms with Crippen molar-refractivity contribution in [1.29, 1.82) is 0 Å². The van der Waals surface area contributed by atoms with Gasteiger partial charge in [-0.05, 0) is 42.4 Å². The lowest BCUT2D eigenvalue weighted by Gasteiger charge is -2.51. The van der Waals surface area contributed by atoms with E-state index in [-0.39, 0.29) is 23.0 Å². The number of aliphatic hydroxyl groups is 1. The first-order chi connectivity index (χ1) is 9.83. The molecule has 2 unspecified atom stereocenters. The quantitative estimate of drug-likeness (QED) is 0.876. The highest BCUT2D eigenvalue weighted by Gasteiger charge is 2.57. The van der Waals surface area contributed by atoms with Crippen LogP contribution in [0.1, 0.15) is 64.0 Å². The lowest BCUT2D eigenvalue weighted by atomic mass is 9.62. The zero-order valence-electron chi connectivity index (χ0n) is 13.8. The molecule has 0 heterocycles. The molecule has 0 aromatic heterocycles. The van der Waals surface area contributed by atoms with Gasteiger partial charge in [-0.1, -0.05) is 45.7 Å². The largest absolute Gasteiger partial charge is 0.489 e. The molecular weight excluding hydrogens is 260 g/mol. The van der Waals surface area contributed by atoms with Crippen LogP contribution in [0.5, 0.6) is 5.75 Å². The molecule has 1 aromatic carbocycles. The molecule has 0 radical (unpaired) electrons. The van der Waals surface area contributed by atoms with Crippen LogP contribution in [0.4, 0.5) is 0 Å². The van der Waals surface area contributed by atoms with Gasteiger partial charge in [-0.15, -0.1) is 0 Å². The Bertz CT molecular complexity index is 521. The Morgan fingerprint density at radius 2 is 1.86 bits per heavy atom. The SMILES string of the molecule is Cc1cc(C(C)(C)C)ccc1OC1CC(O)C12CCCC2. The van der Waals surface area contributed by atoms with Gasteiger partial charge in [-0.3, -0.25) is 0 Å². The third-order valence-electron chi connectivity index (χ3n) is 5.59. The number of hydrogen-bond acceptors (Lipinski definition) is 2. The highest BCUT2D eigenvalue weighted by Crippen LogP contribution is 2.54. The summed E-state index contributed by atoms with van der Waals surface area (Å²) in [5.74, 6) is 0.992. The molecular formula is C19H28O2. The van der Waals surface area contributed by atoms with Crippen LogP contribution in [0.2, 0.25) is 0 Å². The number of rotatable bonds is 2. The second kappa shape index (κ2) is 5.01. The van der Waals surface area contributed by atoms with E-state index in [1.807, 2.05) is 0 Å². The minimum atomic E-state index is -0.154. The fourth-order valence-corrected chi connectivity index (χ4v) is 3.98. The van der Waals surface area contributed by atoms with Gasteiger partial charge >= 0.3 is 0 Å². The molecule has 2 nitrogen and oxygen atoms in total. The number of benzene rings is 1. The maximum Gasteiger partial charge on any atom is 0.122 e. The number of ether oxygens (including phenoxy) is 1. The smallest absolute Gasteiger partial charge is 0.122 e. The molecule has 0 saturated heterocycles. The standard InChI is InChI=1S/C19H28O2/c1-13-11-14(18(2,3)4)7-8-15(13)21-17-12-16(20)19(17)9-5-6-10-19/h7-8,11,16-17,20H,5-6,9-10,12H2,1-4H3. The van der Waals surface area contributed by atoms with E-state index in [1.54, 1.807) is 0 Å². The van der Waals surface area contributed by atoms with Crippen molar-refractivity contribution in [1.82, 2.24) is 0 Å². The maximum atomic E-state index is 10.2. The van der Waals surface area contributed by atoms with Gasteiger partial charge < -0.3 is 9.84 Å². The first kappa shape index (κ1) is 14.9. The van der Waals surface area contributed by atoms with E-state index in [1.165, 1.54) is 24.0 Å². The summed E-state index contributed by atoms with van der Waals surface area (Å²) in [6.07, 6.45) is 5.56. The van der Waals surface area contributed by atoms with Crippen LogP contribution < -0.4 is 4.74 Å². The van der Waals surface area contributed by atoms with Crippen molar-refractivity contribution in [3.8, 4) is 5.75 Å². The topological polar surface area (TPSA) is 29.5 Å². The summed E-state index contributed by atoms with van der Waals surface area (Å²) < 4.78 is 6.30. The predicted molar refractivity (Wildman–Crippen MR) is 85.8 cm³/mol. The van der Waals surface area contributed by atoms with Crippen LogP contribution in [0.15, 0.2) is 18.2 Å². The van der Waals surface area contributed by atoms with Crippen molar-refractivity contribution in [3.63, 3.8) is 0 Å². The number of aliphatic hydroxyl groups excluding tert-OH is 1. The van der Waals surface area contributed by atoms with E-state index in [2.05, 4.69) is 45.9 Å². The zero-order valence-corrected chi connectivity index (χ0v) is 13.8. The minimum absolute atomic E-state index is 0.0507. The van der Waals surface area contributed by atoms with E-state index in [0.717, 1.165) is 25.0 Å². The lowest BCUT2D eigenvalue weighted by Crippen LogP contribution is -2.58. The molecule has 0 aliphatic heterocycles. The van der Waals surface area contributed by atoms with Gasteiger partial charge in [0.15, 0.2) is 0 Å². The molecule has 2 aliphatic carbocycles. The molecule has 1 aromatic rings. The van der Waals surface area contributed by atoms with Crippen molar-refractivity contribution in [2.24, 2.45) is 5.41 Å². The fourth-order valence-electron chi connectivity index (χ4n) is 3.98. The third-order valence-corrected chi connectivity index (χ3v) is 5.59. The number of hydrogen-bond donors (Lipinski definition) is 1. The number of aryl methyl sites for hydroxylation is 1. The van der Waals surface area contributed by atoms with Crippen LogP contribution in [-0.2, 0) is 5.41 Å². The Hall–Kier alpha value is -1.02. The first-order valence-electron chi connectivity index (χ1n) is 8.29. The molecule has 2 saturated carbocycles. The third kappa shape index (κ3) is 2.48. The summed E-state index contributed by atoms with van der Waals surface area (Å²) in [5.41, 5.74) is 2.77. The Labute approximate surface area is 128 Å². The zero-order chi connectivity index (χ0) is 15.3. The van der Waals surface area contributed by atoms with E-state index in [9.17, 15) is 5.11 Å². The van der Waals surface area contributed by atoms with Crippen LogP contribution >= 0.6 is 0 Å². The predicted octanol–water partition coefficient (Wildman–Crippen LogP) is 4.36. The highest BCUT2D eigenvalue weighted by molar-refractivity contribution is 5.39. The molecule has 2 fully saturated rings. The molecule has 2 heteroatoms. The van der Waals surface area contributed by atoms with Gasteiger partial charge in [0.25, 0.3) is 0 Å². The summed E-state index contributed by atoms with van der Waals surface area (Å²) in [4.78, 5) is 0. The summed E-state index contributed by atoms with van der Waals surface area (Å²) in [6, 6.07) is 6.54. The Morgan fingerprint density at radius 3 is 2.38 bits per heavy atom. The van der Waals surface area contributed by atoms with E-state index in [4.69, 9.17) is 4.74 Å². The molecule has 1 N–H and O–H groups in total. The van der Waals surface area contributed by atoms with Crippen molar-refractivity contribution in [3.05, 3.63) is 29.3 Å². The second-order valence-electron chi connectivity index (χ2n) is 8.03. The van der Waals surface area contributed by atoms with Gasteiger partial charge in [0.2, 0.25) is 0 Å². The van der Waals surface area contributed by atoms with Crippen LogP contribution in [0.25, 0.3) is 0 Å². The monoisotopic (exact) mass is 288 g/mol. The Kier molecular flexibility index (Phi) is 3.56. The van der Waals surface area contributed by atoms with Crippen LogP contribution in [-0.4, -0.2) is 17.3 Å². The average molecular weight is 288 g/mol. The normalized spacial score (nSPS) is 27.7. The Morgan fingerprint density at radius 1 is 1.19 bits per heavy atom. The summed E-state index contributed by atoms with van der Waals surface area (Å²) in [6.45, 7) is 8.83. The van der Waals surface area contributed by atoms with Gasteiger partial charge in [0.05, 0.1) is 6.10 Å². The first-order valence-corrected chi connectivity index (χ1v) is 8.29. The molecule has 3 rings (SSSR count). The van der Waals surface area contributed by atoms with Gasteiger partial charge in [0.1, 0.15) is 11.9 Å². The molecule has 2 aliphatic rings. The van der Waals surface area contributed by atoms with E-state index in [0.29, 0.717) is 0 Å². The van der Waals surface area contributed by atoms with Crippen LogP contribution in [0, 0.1) is 12.3 Å². The van der Waals surface area contributed by atoms with Crippen molar-refractivity contribution < 1.29 is 9.84 Å². The summed E-state index contributed by atoms with van der Waals surface area (Å²) >= 11 is 0. The second-order valence-corrected chi connectivity index (χ2v) is 8.03. The molecule has 0 bridgehead atoms. The van der Waals surface area contributed by atoms with Crippen molar-refractivity contribution in [2.75, 3.05) is 0 Å². The maximum absolute atomic E-state index is 10.2. The molecule has 21 heavy (non-hydrogen) atoms. The summed E-state index contributed by atoms with van der Waals surface area (Å²) in [5, 5.41) is 10.2. The minimum Gasteiger partial charge on any atom is -0.489 e. The van der Waals surface area contributed by atoms with Crippen molar-refractivity contribution in [2.45, 2.75) is 77.4 Å².